The molecule has 0 aliphatic rings. The van der Waals surface area contributed by atoms with Crippen LogP contribution in [-0.4, -0.2) is 0 Å². The molecular formula is C23H14O2. The predicted octanol–water partition coefficient (Wildman–Crippen LogP) is 5.77. The van der Waals surface area contributed by atoms with E-state index in [-0.39, 0.29) is 5.63 Å². The molecule has 0 aliphatic carbocycles. The summed E-state index contributed by atoms with van der Waals surface area (Å²) < 4.78 is 5.35. The molecule has 0 aliphatic heterocycles. The van der Waals surface area contributed by atoms with Gasteiger partial charge < -0.3 is 4.42 Å². The molecule has 0 bridgehead atoms. The molecule has 0 radical (unpaired) electrons. The first-order valence-corrected chi connectivity index (χ1v) is 8.24. The van der Waals surface area contributed by atoms with Crippen molar-refractivity contribution in [1.82, 2.24) is 0 Å². The second kappa shape index (κ2) is 5.32. The maximum Gasteiger partial charge on any atom is 0.336 e. The van der Waals surface area contributed by atoms with E-state index in [2.05, 4.69) is 60.7 Å². The van der Waals surface area contributed by atoms with Gasteiger partial charge in [-0.15, -0.1) is 0 Å². The molecular weight excluding hydrogens is 308 g/mol. The van der Waals surface area contributed by atoms with Gasteiger partial charge in [0.25, 0.3) is 0 Å². The first kappa shape index (κ1) is 14.0. The molecule has 25 heavy (non-hydrogen) atoms. The average Bonchev–Trinajstić information content (AvgIpc) is 2.65. The van der Waals surface area contributed by atoms with Gasteiger partial charge in [0.05, 0.1) is 0 Å². The summed E-state index contributed by atoms with van der Waals surface area (Å²) >= 11 is 0. The van der Waals surface area contributed by atoms with E-state index in [0.29, 0.717) is 5.58 Å². The van der Waals surface area contributed by atoms with E-state index in [1.54, 1.807) is 6.07 Å². The van der Waals surface area contributed by atoms with Crippen molar-refractivity contribution in [3.05, 3.63) is 95.3 Å². The molecule has 0 atom stereocenters. The Bertz CT molecular complexity index is 1310. The Hall–Kier alpha value is -3.39. The Labute approximate surface area is 143 Å². The lowest BCUT2D eigenvalue weighted by molar-refractivity contribution is 0.561. The van der Waals surface area contributed by atoms with E-state index in [0.717, 1.165) is 16.5 Å². The average molecular weight is 322 g/mol. The normalized spacial score (nSPS) is 11.4. The standard InChI is InChI=1S/C23H14O2/c24-23-11-10-15-8-9-19(14-22(15)25-23)20-7-3-6-18-12-16-4-1-2-5-17(16)13-21(18)20/h1-14H. The van der Waals surface area contributed by atoms with E-state index in [1.807, 2.05) is 12.1 Å². The van der Waals surface area contributed by atoms with Crippen LogP contribution in [0.5, 0.6) is 0 Å². The fourth-order valence-electron chi connectivity index (χ4n) is 3.45. The van der Waals surface area contributed by atoms with Crippen molar-refractivity contribution in [1.29, 1.82) is 0 Å². The third kappa shape index (κ3) is 2.31. The molecule has 0 amide bonds. The zero-order valence-electron chi connectivity index (χ0n) is 13.4. The van der Waals surface area contributed by atoms with Gasteiger partial charge in [0.1, 0.15) is 5.58 Å². The molecule has 1 heterocycles. The van der Waals surface area contributed by atoms with Crippen LogP contribution >= 0.6 is 0 Å². The van der Waals surface area contributed by atoms with Gasteiger partial charge in [0.2, 0.25) is 0 Å². The third-order valence-electron chi connectivity index (χ3n) is 4.68. The minimum atomic E-state index is -0.325. The fraction of sp³-hybridized carbons (Fsp3) is 0. The van der Waals surface area contributed by atoms with Crippen molar-refractivity contribution in [3.63, 3.8) is 0 Å². The first-order chi connectivity index (χ1) is 12.3. The second-order valence-corrected chi connectivity index (χ2v) is 6.23. The van der Waals surface area contributed by atoms with Crippen LogP contribution in [0, 0.1) is 0 Å². The highest BCUT2D eigenvalue weighted by atomic mass is 16.4. The molecule has 1 aromatic heterocycles. The first-order valence-electron chi connectivity index (χ1n) is 8.24. The summed E-state index contributed by atoms with van der Waals surface area (Å²) in [5.74, 6) is 0. The molecule has 0 saturated carbocycles. The molecule has 0 N–H and O–H groups in total. The molecule has 0 saturated heterocycles. The number of hydrogen-bond acceptors (Lipinski definition) is 2. The van der Waals surface area contributed by atoms with Gasteiger partial charge in [-0.2, -0.15) is 0 Å². The van der Waals surface area contributed by atoms with E-state index in [4.69, 9.17) is 4.42 Å². The number of benzene rings is 4. The molecule has 5 aromatic rings. The molecule has 4 aromatic carbocycles. The molecule has 2 heteroatoms. The molecule has 2 nitrogen and oxygen atoms in total. The smallest absolute Gasteiger partial charge is 0.336 e. The van der Waals surface area contributed by atoms with Crippen molar-refractivity contribution >= 4 is 32.5 Å². The van der Waals surface area contributed by atoms with Gasteiger partial charge in [0.15, 0.2) is 0 Å². The summed E-state index contributed by atoms with van der Waals surface area (Å²) in [6, 6.07) is 28.4. The van der Waals surface area contributed by atoms with Crippen LogP contribution < -0.4 is 5.63 Å². The lowest BCUT2D eigenvalue weighted by atomic mass is 9.95. The van der Waals surface area contributed by atoms with Gasteiger partial charge in [-0.05, 0) is 56.9 Å². The summed E-state index contributed by atoms with van der Waals surface area (Å²) in [4.78, 5) is 11.5. The largest absolute Gasteiger partial charge is 0.423 e. The number of fused-ring (bicyclic) bond motifs is 3. The molecule has 0 fully saturated rings. The highest BCUT2D eigenvalue weighted by Crippen LogP contribution is 2.33. The van der Waals surface area contributed by atoms with Gasteiger partial charge in [-0.1, -0.05) is 54.6 Å². The highest BCUT2D eigenvalue weighted by Gasteiger charge is 2.07. The van der Waals surface area contributed by atoms with Crippen molar-refractivity contribution < 1.29 is 4.42 Å². The summed E-state index contributed by atoms with van der Waals surface area (Å²) in [5, 5.41) is 5.77. The second-order valence-electron chi connectivity index (χ2n) is 6.23. The quantitative estimate of drug-likeness (QED) is 0.290. The van der Waals surface area contributed by atoms with Crippen molar-refractivity contribution in [2.75, 3.05) is 0 Å². The van der Waals surface area contributed by atoms with Crippen molar-refractivity contribution in [2.45, 2.75) is 0 Å². The van der Waals surface area contributed by atoms with E-state index >= 15 is 0 Å². The van der Waals surface area contributed by atoms with E-state index in [9.17, 15) is 4.79 Å². The highest BCUT2D eigenvalue weighted by molar-refractivity contribution is 6.05. The predicted molar refractivity (Wildman–Crippen MR) is 103 cm³/mol. The molecule has 5 rings (SSSR count). The Balaban J connectivity index is 1.82. The Kier molecular flexibility index (Phi) is 2.98. The maximum absolute atomic E-state index is 11.5. The topological polar surface area (TPSA) is 30.2 Å². The van der Waals surface area contributed by atoms with Gasteiger partial charge in [-0.3, -0.25) is 0 Å². The fourth-order valence-corrected chi connectivity index (χ4v) is 3.45. The van der Waals surface area contributed by atoms with Crippen LogP contribution in [0.3, 0.4) is 0 Å². The van der Waals surface area contributed by atoms with Crippen molar-refractivity contribution in [2.24, 2.45) is 0 Å². The Morgan fingerprint density at radius 2 is 1.36 bits per heavy atom. The molecule has 0 spiro atoms. The van der Waals surface area contributed by atoms with Crippen LogP contribution in [0.1, 0.15) is 0 Å². The van der Waals surface area contributed by atoms with Crippen LogP contribution in [0.15, 0.2) is 94.1 Å². The molecule has 118 valence electrons. The molecule has 0 unspecified atom stereocenters. The Morgan fingerprint density at radius 3 is 2.24 bits per heavy atom. The van der Waals surface area contributed by atoms with E-state index < -0.39 is 0 Å². The minimum absolute atomic E-state index is 0.325. The van der Waals surface area contributed by atoms with Crippen LogP contribution in [0.2, 0.25) is 0 Å². The van der Waals surface area contributed by atoms with Gasteiger partial charge >= 0.3 is 5.63 Å². The summed E-state index contributed by atoms with van der Waals surface area (Å²) in [5.41, 5.74) is 2.47. The van der Waals surface area contributed by atoms with Crippen LogP contribution in [0.25, 0.3) is 43.6 Å². The van der Waals surface area contributed by atoms with E-state index in [1.165, 1.54) is 27.6 Å². The zero-order chi connectivity index (χ0) is 16.8. The monoisotopic (exact) mass is 322 g/mol. The van der Waals surface area contributed by atoms with Crippen LogP contribution in [-0.2, 0) is 0 Å². The summed E-state index contributed by atoms with van der Waals surface area (Å²) in [7, 11) is 0. The number of hydrogen-bond donors (Lipinski definition) is 0. The minimum Gasteiger partial charge on any atom is -0.423 e. The summed E-state index contributed by atoms with van der Waals surface area (Å²) in [6.07, 6.45) is 0. The number of rotatable bonds is 1. The third-order valence-corrected chi connectivity index (χ3v) is 4.68. The van der Waals surface area contributed by atoms with Crippen molar-refractivity contribution in [3.8, 4) is 11.1 Å². The maximum atomic E-state index is 11.5. The lowest BCUT2D eigenvalue weighted by Gasteiger charge is -2.09. The van der Waals surface area contributed by atoms with Gasteiger partial charge in [-0.25, -0.2) is 4.79 Å². The SMILES string of the molecule is O=c1ccc2ccc(-c3cccc4cc5ccccc5cc34)cc2o1. The lowest BCUT2D eigenvalue weighted by Crippen LogP contribution is -1.94. The Morgan fingerprint density at radius 1 is 0.600 bits per heavy atom. The summed E-state index contributed by atoms with van der Waals surface area (Å²) in [6.45, 7) is 0. The zero-order valence-corrected chi connectivity index (χ0v) is 13.4. The van der Waals surface area contributed by atoms with Gasteiger partial charge in [0, 0.05) is 11.5 Å². The van der Waals surface area contributed by atoms with Crippen LogP contribution in [0.4, 0.5) is 0 Å².